The van der Waals surface area contributed by atoms with Gasteiger partial charge < -0.3 is 14.8 Å². The van der Waals surface area contributed by atoms with Crippen LogP contribution >= 0.6 is 11.8 Å². The highest BCUT2D eigenvalue weighted by Crippen LogP contribution is 2.19. The van der Waals surface area contributed by atoms with E-state index in [1.165, 1.54) is 11.8 Å². The summed E-state index contributed by atoms with van der Waals surface area (Å²) in [6.45, 7) is 7.80. The highest BCUT2D eigenvalue weighted by molar-refractivity contribution is 7.99. The van der Waals surface area contributed by atoms with E-state index in [0.29, 0.717) is 36.0 Å². The third-order valence-electron chi connectivity index (χ3n) is 4.88. The lowest BCUT2D eigenvalue weighted by atomic mass is 10.2. The summed E-state index contributed by atoms with van der Waals surface area (Å²) in [6.07, 6.45) is 0. The van der Waals surface area contributed by atoms with Crippen LogP contribution in [0.2, 0.25) is 0 Å². The first-order valence-electron chi connectivity index (χ1n) is 10.3. The zero-order chi connectivity index (χ0) is 22.2. The van der Waals surface area contributed by atoms with Gasteiger partial charge in [0, 0.05) is 24.3 Å². The summed E-state index contributed by atoms with van der Waals surface area (Å²) in [5.41, 5.74) is 2.42. The third-order valence-corrected chi connectivity index (χ3v) is 5.85. The Hall–Kier alpha value is -3.13. The standard InChI is InChI=1S/C23H27N5O2S/c1-4-27(5-2)22(30)19-11-13-20(14-12-19)24-21(29)16-31-23-26-25-17(3)28(23)15-18-9-7-6-8-10-18/h6-14H,4-5,15-16H2,1-3H3,(H,24,29). The number of carbonyl (C=O) groups excluding carboxylic acids is 2. The van der Waals surface area contributed by atoms with Gasteiger partial charge in [0.1, 0.15) is 5.82 Å². The quantitative estimate of drug-likeness (QED) is 0.515. The average molecular weight is 438 g/mol. The Kier molecular flexibility index (Phi) is 7.83. The van der Waals surface area contributed by atoms with Gasteiger partial charge in [-0.15, -0.1) is 10.2 Å². The van der Waals surface area contributed by atoms with Gasteiger partial charge in [-0.05, 0) is 50.6 Å². The Morgan fingerprint density at radius 1 is 1.00 bits per heavy atom. The first kappa shape index (κ1) is 22.6. The highest BCUT2D eigenvalue weighted by Gasteiger charge is 2.14. The van der Waals surface area contributed by atoms with Crippen LogP contribution in [-0.2, 0) is 11.3 Å². The number of nitrogens with one attached hydrogen (secondary N) is 1. The predicted octanol–water partition coefficient (Wildman–Crippen LogP) is 3.85. The molecule has 3 aromatic rings. The summed E-state index contributed by atoms with van der Waals surface area (Å²) < 4.78 is 2.00. The molecule has 0 radical (unpaired) electrons. The summed E-state index contributed by atoms with van der Waals surface area (Å²) in [4.78, 5) is 26.6. The second kappa shape index (κ2) is 10.8. The van der Waals surface area contributed by atoms with Crippen molar-refractivity contribution in [2.45, 2.75) is 32.5 Å². The fraction of sp³-hybridized carbons (Fsp3) is 0.304. The molecule has 0 spiro atoms. The molecule has 162 valence electrons. The van der Waals surface area contributed by atoms with E-state index < -0.39 is 0 Å². The maximum absolute atomic E-state index is 12.4. The van der Waals surface area contributed by atoms with Gasteiger partial charge in [-0.2, -0.15) is 0 Å². The van der Waals surface area contributed by atoms with E-state index in [4.69, 9.17) is 0 Å². The molecule has 8 heteroatoms. The normalized spacial score (nSPS) is 10.7. The number of benzene rings is 2. The van der Waals surface area contributed by atoms with Crippen molar-refractivity contribution < 1.29 is 9.59 Å². The van der Waals surface area contributed by atoms with Crippen molar-refractivity contribution in [2.24, 2.45) is 0 Å². The largest absolute Gasteiger partial charge is 0.339 e. The number of rotatable bonds is 9. The Morgan fingerprint density at radius 3 is 2.32 bits per heavy atom. The molecular weight excluding hydrogens is 410 g/mol. The van der Waals surface area contributed by atoms with E-state index >= 15 is 0 Å². The molecule has 0 unspecified atom stereocenters. The minimum Gasteiger partial charge on any atom is -0.339 e. The van der Waals surface area contributed by atoms with Crippen molar-refractivity contribution in [3.05, 3.63) is 71.5 Å². The van der Waals surface area contributed by atoms with Crippen molar-refractivity contribution in [1.82, 2.24) is 19.7 Å². The number of hydrogen-bond donors (Lipinski definition) is 1. The second-order valence-electron chi connectivity index (χ2n) is 6.99. The van der Waals surface area contributed by atoms with Crippen LogP contribution in [-0.4, -0.2) is 50.3 Å². The molecule has 0 aliphatic carbocycles. The molecule has 1 heterocycles. The molecule has 7 nitrogen and oxygen atoms in total. The van der Waals surface area contributed by atoms with Crippen molar-refractivity contribution in [3.63, 3.8) is 0 Å². The summed E-state index contributed by atoms with van der Waals surface area (Å²) >= 11 is 1.35. The molecule has 0 aliphatic rings. The molecule has 2 amide bonds. The van der Waals surface area contributed by atoms with E-state index in [0.717, 1.165) is 11.4 Å². The minimum absolute atomic E-state index is 0.00782. The lowest BCUT2D eigenvalue weighted by Crippen LogP contribution is -2.30. The molecule has 0 fully saturated rings. The lowest BCUT2D eigenvalue weighted by molar-refractivity contribution is -0.113. The molecule has 3 rings (SSSR count). The molecule has 31 heavy (non-hydrogen) atoms. The summed E-state index contributed by atoms with van der Waals surface area (Å²) in [5, 5.41) is 11.9. The maximum atomic E-state index is 12.4. The molecule has 0 bridgehead atoms. The van der Waals surface area contributed by atoms with E-state index in [-0.39, 0.29) is 17.6 Å². The molecule has 0 atom stereocenters. The van der Waals surface area contributed by atoms with E-state index in [2.05, 4.69) is 27.6 Å². The monoisotopic (exact) mass is 437 g/mol. The van der Waals surface area contributed by atoms with Crippen LogP contribution in [0, 0.1) is 6.92 Å². The number of amides is 2. The van der Waals surface area contributed by atoms with Crippen molar-refractivity contribution in [1.29, 1.82) is 0 Å². The van der Waals surface area contributed by atoms with Crippen molar-refractivity contribution >= 4 is 29.3 Å². The molecule has 1 aromatic heterocycles. The summed E-state index contributed by atoms with van der Waals surface area (Å²) in [7, 11) is 0. The third kappa shape index (κ3) is 5.95. The van der Waals surface area contributed by atoms with Crippen LogP contribution in [0.4, 0.5) is 5.69 Å². The van der Waals surface area contributed by atoms with Crippen molar-refractivity contribution in [3.8, 4) is 0 Å². The van der Waals surface area contributed by atoms with Crippen LogP contribution in [0.15, 0.2) is 59.8 Å². The minimum atomic E-state index is -0.139. The zero-order valence-electron chi connectivity index (χ0n) is 18.0. The average Bonchev–Trinajstić information content (AvgIpc) is 3.13. The molecule has 0 saturated heterocycles. The highest BCUT2D eigenvalue weighted by atomic mass is 32.2. The molecule has 0 aliphatic heterocycles. The van der Waals surface area contributed by atoms with E-state index in [1.807, 2.05) is 43.5 Å². The van der Waals surface area contributed by atoms with Crippen LogP contribution < -0.4 is 5.32 Å². The number of hydrogen-bond acceptors (Lipinski definition) is 5. The smallest absolute Gasteiger partial charge is 0.253 e. The molecular formula is C23H27N5O2S. The fourth-order valence-corrected chi connectivity index (χ4v) is 3.92. The van der Waals surface area contributed by atoms with Crippen LogP contribution in [0.1, 0.15) is 35.6 Å². The van der Waals surface area contributed by atoms with Gasteiger partial charge in [0.2, 0.25) is 5.91 Å². The first-order chi connectivity index (χ1) is 15.0. The number of thioether (sulfide) groups is 1. The van der Waals surface area contributed by atoms with Gasteiger partial charge >= 0.3 is 0 Å². The molecule has 0 saturated carbocycles. The van der Waals surface area contributed by atoms with Gasteiger partial charge in [-0.25, -0.2) is 0 Å². The molecule has 2 aromatic carbocycles. The van der Waals surface area contributed by atoms with Crippen LogP contribution in [0.25, 0.3) is 0 Å². The topological polar surface area (TPSA) is 80.1 Å². The Bertz CT molecular complexity index is 1010. The SMILES string of the molecule is CCN(CC)C(=O)c1ccc(NC(=O)CSc2nnc(C)n2Cc2ccccc2)cc1. The van der Waals surface area contributed by atoms with Gasteiger partial charge in [0.25, 0.3) is 5.91 Å². The van der Waals surface area contributed by atoms with E-state index in [1.54, 1.807) is 29.2 Å². The van der Waals surface area contributed by atoms with Crippen LogP contribution in [0.3, 0.4) is 0 Å². The Morgan fingerprint density at radius 2 is 1.68 bits per heavy atom. The maximum Gasteiger partial charge on any atom is 0.253 e. The number of aryl methyl sites for hydroxylation is 1. The van der Waals surface area contributed by atoms with Gasteiger partial charge in [-0.3, -0.25) is 9.59 Å². The first-order valence-corrected chi connectivity index (χ1v) is 11.3. The van der Waals surface area contributed by atoms with E-state index in [9.17, 15) is 9.59 Å². The fourth-order valence-electron chi connectivity index (χ4n) is 3.13. The van der Waals surface area contributed by atoms with Gasteiger partial charge in [0.15, 0.2) is 5.16 Å². The lowest BCUT2D eigenvalue weighted by Gasteiger charge is -2.18. The number of anilines is 1. The second-order valence-corrected chi connectivity index (χ2v) is 7.94. The Balaban J connectivity index is 1.57. The number of nitrogens with zero attached hydrogens (tertiary/aromatic N) is 4. The molecule has 1 N–H and O–H groups in total. The zero-order valence-corrected chi connectivity index (χ0v) is 18.9. The van der Waals surface area contributed by atoms with Gasteiger partial charge in [0.05, 0.1) is 12.3 Å². The summed E-state index contributed by atoms with van der Waals surface area (Å²) in [5.74, 6) is 0.874. The van der Waals surface area contributed by atoms with Crippen LogP contribution in [0.5, 0.6) is 0 Å². The number of carbonyl (C=O) groups is 2. The number of aromatic nitrogens is 3. The summed E-state index contributed by atoms with van der Waals surface area (Å²) in [6, 6.07) is 17.1. The predicted molar refractivity (Wildman–Crippen MR) is 123 cm³/mol. The Labute approximate surface area is 186 Å². The van der Waals surface area contributed by atoms with Crippen molar-refractivity contribution in [2.75, 3.05) is 24.2 Å². The van der Waals surface area contributed by atoms with Gasteiger partial charge in [-0.1, -0.05) is 42.1 Å².